The number of methoxy groups -OCH3 is 1. The normalized spacial score (nSPS) is 16.7. The third-order valence-electron chi connectivity index (χ3n) is 3.91. The summed E-state index contributed by atoms with van der Waals surface area (Å²) in [6.07, 6.45) is -1.27. The Hall–Kier alpha value is -2.74. The first-order chi connectivity index (χ1) is 11.8. The van der Waals surface area contributed by atoms with Crippen molar-refractivity contribution < 1.29 is 27.8 Å². The number of nitrogens with zero attached hydrogens (tertiary/aromatic N) is 1. The number of carboxylic acids is 1. The lowest BCUT2D eigenvalue weighted by atomic mass is 10.1. The zero-order valence-electron chi connectivity index (χ0n) is 13.7. The second-order valence-electron chi connectivity index (χ2n) is 5.63. The van der Waals surface area contributed by atoms with Gasteiger partial charge in [0.2, 0.25) is 6.10 Å². The highest BCUT2D eigenvalue weighted by molar-refractivity contribution is 7.92. The van der Waals surface area contributed by atoms with Crippen LogP contribution in [0.1, 0.15) is 5.56 Å². The van der Waals surface area contributed by atoms with Gasteiger partial charge in [0.15, 0.2) is 0 Å². The minimum Gasteiger partial charge on any atom is -0.497 e. The maximum Gasteiger partial charge on any atom is 0.346 e. The van der Waals surface area contributed by atoms with Crippen molar-refractivity contribution in [1.82, 2.24) is 0 Å². The fraction of sp³-hybridized carbons (Fsp3) is 0.235. The first-order valence-electron chi connectivity index (χ1n) is 7.50. The second kappa shape index (κ2) is 6.29. The summed E-state index contributed by atoms with van der Waals surface area (Å²) >= 11 is 0. The minimum atomic E-state index is -3.95. The maximum absolute atomic E-state index is 13.1. The summed E-state index contributed by atoms with van der Waals surface area (Å²) in [5, 5.41) is 9.28. The number of aryl methyl sites for hydroxylation is 1. The molecule has 7 nitrogen and oxygen atoms in total. The van der Waals surface area contributed by atoms with E-state index in [-0.39, 0.29) is 17.2 Å². The van der Waals surface area contributed by atoms with E-state index in [1.807, 2.05) is 6.92 Å². The average Bonchev–Trinajstić information content (AvgIpc) is 2.60. The SMILES string of the molecule is COc1ccc(S(=O)(=O)N2CC(C(=O)O)Oc3ccc(C)cc32)cc1. The van der Waals surface area contributed by atoms with E-state index in [4.69, 9.17) is 9.47 Å². The molecule has 25 heavy (non-hydrogen) atoms. The van der Waals surface area contributed by atoms with E-state index in [0.29, 0.717) is 11.4 Å². The average molecular weight is 363 g/mol. The Morgan fingerprint density at radius 2 is 1.92 bits per heavy atom. The summed E-state index contributed by atoms with van der Waals surface area (Å²) < 4.78 is 37.7. The van der Waals surface area contributed by atoms with Gasteiger partial charge in [-0.2, -0.15) is 0 Å². The van der Waals surface area contributed by atoms with Crippen LogP contribution in [0.15, 0.2) is 47.4 Å². The molecule has 0 aliphatic carbocycles. The molecule has 0 spiro atoms. The smallest absolute Gasteiger partial charge is 0.346 e. The molecule has 0 saturated heterocycles. The molecule has 2 aromatic carbocycles. The van der Waals surface area contributed by atoms with Crippen LogP contribution in [0, 0.1) is 6.92 Å². The number of rotatable bonds is 4. The number of carbonyl (C=O) groups is 1. The van der Waals surface area contributed by atoms with Crippen LogP contribution in [-0.4, -0.2) is 39.3 Å². The van der Waals surface area contributed by atoms with Gasteiger partial charge in [-0.1, -0.05) is 6.07 Å². The number of sulfonamides is 1. The molecule has 0 fully saturated rings. The molecular formula is C17H17NO6S. The molecule has 1 aliphatic heterocycles. The number of hydrogen-bond donors (Lipinski definition) is 1. The molecule has 132 valence electrons. The number of carboxylic acid groups (broad SMARTS) is 1. The van der Waals surface area contributed by atoms with Gasteiger partial charge in [-0.15, -0.1) is 0 Å². The molecule has 0 radical (unpaired) electrons. The Morgan fingerprint density at radius 3 is 2.52 bits per heavy atom. The molecule has 1 atom stereocenters. The van der Waals surface area contributed by atoms with Crippen LogP contribution in [0.2, 0.25) is 0 Å². The van der Waals surface area contributed by atoms with E-state index >= 15 is 0 Å². The van der Waals surface area contributed by atoms with Crippen molar-refractivity contribution in [3.63, 3.8) is 0 Å². The van der Waals surface area contributed by atoms with Crippen LogP contribution >= 0.6 is 0 Å². The number of hydrogen-bond acceptors (Lipinski definition) is 5. The van der Waals surface area contributed by atoms with Gasteiger partial charge < -0.3 is 14.6 Å². The third-order valence-corrected chi connectivity index (χ3v) is 5.70. The lowest BCUT2D eigenvalue weighted by molar-refractivity contribution is -0.144. The quantitative estimate of drug-likeness (QED) is 0.894. The fourth-order valence-electron chi connectivity index (χ4n) is 2.59. The number of benzene rings is 2. The van der Waals surface area contributed by atoms with Gasteiger partial charge in [0.05, 0.1) is 24.2 Å². The molecule has 8 heteroatoms. The van der Waals surface area contributed by atoms with Crippen LogP contribution in [0.25, 0.3) is 0 Å². The van der Waals surface area contributed by atoms with Gasteiger partial charge >= 0.3 is 5.97 Å². The highest BCUT2D eigenvalue weighted by Gasteiger charge is 2.37. The van der Waals surface area contributed by atoms with Crippen molar-refractivity contribution in [1.29, 1.82) is 0 Å². The number of fused-ring (bicyclic) bond motifs is 1. The van der Waals surface area contributed by atoms with Crippen LogP contribution in [-0.2, 0) is 14.8 Å². The van der Waals surface area contributed by atoms with Gasteiger partial charge in [-0.25, -0.2) is 13.2 Å². The molecule has 0 amide bonds. The van der Waals surface area contributed by atoms with Crippen LogP contribution in [0.4, 0.5) is 5.69 Å². The Morgan fingerprint density at radius 1 is 1.24 bits per heavy atom. The van der Waals surface area contributed by atoms with Crippen molar-refractivity contribution in [3.8, 4) is 11.5 Å². The van der Waals surface area contributed by atoms with Crippen molar-refractivity contribution in [2.45, 2.75) is 17.9 Å². The van der Waals surface area contributed by atoms with Crippen LogP contribution in [0.5, 0.6) is 11.5 Å². The fourth-order valence-corrected chi connectivity index (χ4v) is 4.06. The van der Waals surface area contributed by atoms with Crippen LogP contribution < -0.4 is 13.8 Å². The number of aliphatic carboxylic acids is 1. The largest absolute Gasteiger partial charge is 0.497 e. The highest BCUT2D eigenvalue weighted by atomic mass is 32.2. The molecule has 1 unspecified atom stereocenters. The summed E-state index contributed by atoms with van der Waals surface area (Å²) in [6.45, 7) is 1.52. The zero-order valence-corrected chi connectivity index (χ0v) is 14.5. The lowest BCUT2D eigenvalue weighted by Gasteiger charge is -2.34. The third kappa shape index (κ3) is 3.12. The van der Waals surface area contributed by atoms with Crippen molar-refractivity contribution in [2.75, 3.05) is 18.0 Å². The maximum atomic E-state index is 13.1. The van der Waals surface area contributed by atoms with E-state index in [1.165, 1.54) is 19.2 Å². The molecule has 3 rings (SSSR count). The van der Waals surface area contributed by atoms with Crippen molar-refractivity contribution in [2.24, 2.45) is 0 Å². The lowest BCUT2D eigenvalue weighted by Crippen LogP contribution is -2.47. The molecule has 1 aliphatic rings. The van der Waals surface area contributed by atoms with Crippen molar-refractivity contribution >= 4 is 21.7 Å². The predicted octanol–water partition coefficient (Wildman–Crippen LogP) is 2.04. The molecule has 0 bridgehead atoms. The second-order valence-corrected chi connectivity index (χ2v) is 7.49. The topological polar surface area (TPSA) is 93.1 Å². The minimum absolute atomic E-state index is 0.0480. The summed E-state index contributed by atoms with van der Waals surface area (Å²) in [5.74, 6) is -0.469. The van der Waals surface area contributed by atoms with E-state index in [2.05, 4.69) is 0 Å². The molecule has 2 aromatic rings. The molecule has 1 N–H and O–H groups in total. The predicted molar refractivity (Wildman–Crippen MR) is 90.8 cm³/mol. The molecule has 1 heterocycles. The van der Waals surface area contributed by atoms with Gasteiger partial charge in [-0.05, 0) is 48.9 Å². The summed E-state index contributed by atoms with van der Waals surface area (Å²) in [4.78, 5) is 11.4. The van der Waals surface area contributed by atoms with Gasteiger partial charge in [-0.3, -0.25) is 4.31 Å². The summed E-state index contributed by atoms with van der Waals surface area (Å²) in [6, 6.07) is 10.9. The number of anilines is 1. The Labute approximate surface area is 145 Å². The van der Waals surface area contributed by atoms with Crippen molar-refractivity contribution in [3.05, 3.63) is 48.0 Å². The standard InChI is InChI=1S/C17H17NO6S/c1-11-3-8-15-14(9-11)18(10-16(24-15)17(19)20)25(21,22)13-6-4-12(23-2)5-7-13/h3-9,16H,10H2,1-2H3,(H,19,20). The summed E-state index contributed by atoms with van der Waals surface area (Å²) in [5.41, 5.74) is 1.17. The number of ether oxygens (including phenoxy) is 2. The molecular weight excluding hydrogens is 346 g/mol. The first-order valence-corrected chi connectivity index (χ1v) is 8.94. The highest BCUT2D eigenvalue weighted by Crippen LogP contribution is 2.37. The van der Waals surface area contributed by atoms with Crippen LogP contribution in [0.3, 0.4) is 0 Å². The summed E-state index contributed by atoms with van der Waals surface area (Å²) in [7, 11) is -2.46. The van der Waals surface area contributed by atoms with E-state index in [1.54, 1.807) is 30.3 Å². The first kappa shape index (κ1) is 17.1. The monoisotopic (exact) mass is 363 g/mol. The zero-order chi connectivity index (χ0) is 18.2. The Balaban J connectivity index is 2.09. The Kier molecular flexibility index (Phi) is 4.30. The van der Waals surface area contributed by atoms with Gasteiger partial charge in [0.1, 0.15) is 11.5 Å². The Bertz CT molecular complexity index is 907. The van der Waals surface area contributed by atoms with Gasteiger partial charge in [0.25, 0.3) is 10.0 Å². The van der Waals surface area contributed by atoms with E-state index < -0.39 is 22.1 Å². The van der Waals surface area contributed by atoms with Gasteiger partial charge in [0, 0.05) is 0 Å². The molecule has 0 aromatic heterocycles. The molecule has 0 saturated carbocycles. The van der Waals surface area contributed by atoms with E-state index in [9.17, 15) is 18.3 Å². The van der Waals surface area contributed by atoms with E-state index in [0.717, 1.165) is 9.87 Å².